The van der Waals surface area contributed by atoms with Crippen LogP contribution >= 0.6 is 11.6 Å². The third-order valence-corrected chi connectivity index (χ3v) is 4.54. The molecule has 0 spiro atoms. The molecular formula is C14H18ClN3O. The van der Waals surface area contributed by atoms with Gasteiger partial charge in [0.15, 0.2) is 0 Å². The summed E-state index contributed by atoms with van der Waals surface area (Å²) in [6.45, 7) is 5.04. The van der Waals surface area contributed by atoms with E-state index in [1.54, 1.807) is 12.1 Å². The summed E-state index contributed by atoms with van der Waals surface area (Å²) in [5.74, 6) is 1.20. The number of hydrogen-bond donors (Lipinski definition) is 2. The molecule has 3 atom stereocenters. The number of carbonyl (C=O) groups excluding carboxylic acids is 1. The van der Waals surface area contributed by atoms with Gasteiger partial charge in [0, 0.05) is 36.4 Å². The van der Waals surface area contributed by atoms with Gasteiger partial charge in [0.25, 0.3) is 0 Å². The summed E-state index contributed by atoms with van der Waals surface area (Å²) in [4.78, 5) is 14.3. The van der Waals surface area contributed by atoms with Crippen LogP contribution in [0.3, 0.4) is 0 Å². The molecule has 102 valence electrons. The fourth-order valence-electron chi connectivity index (χ4n) is 3.16. The van der Waals surface area contributed by atoms with Gasteiger partial charge in [-0.25, -0.2) is 4.79 Å². The minimum Gasteiger partial charge on any atom is -0.321 e. The predicted octanol–water partition coefficient (Wildman–Crippen LogP) is 2.41. The highest BCUT2D eigenvalue weighted by atomic mass is 35.5. The van der Waals surface area contributed by atoms with Crippen LogP contribution in [-0.4, -0.2) is 36.6 Å². The van der Waals surface area contributed by atoms with Gasteiger partial charge in [-0.15, -0.1) is 0 Å². The van der Waals surface area contributed by atoms with Gasteiger partial charge in [0.1, 0.15) is 0 Å². The maximum Gasteiger partial charge on any atom is 0.322 e. The molecule has 3 rings (SSSR count). The molecule has 0 saturated carbocycles. The quantitative estimate of drug-likeness (QED) is 0.829. The maximum atomic E-state index is 12.3. The van der Waals surface area contributed by atoms with Crippen LogP contribution in [0.15, 0.2) is 24.3 Å². The zero-order valence-electron chi connectivity index (χ0n) is 10.9. The van der Waals surface area contributed by atoms with E-state index in [0.717, 1.165) is 25.3 Å². The second-order valence-electron chi connectivity index (χ2n) is 5.41. The normalized spacial score (nSPS) is 29.4. The van der Waals surface area contributed by atoms with Crippen LogP contribution in [0.25, 0.3) is 0 Å². The zero-order chi connectivity index (χ0) is 13.4. The van der Waals surface area contributed by atoms with E-state index in [-0.39, 0.29) is 6.03 Å². The zero-order valence-corrected chi connectivity index (χ0v) is 11.7. The van der Waals surface area contributed by atoms with Crippen molar-refractivity contribution in [2.24, 2.45) is 11.8 Å². The fraction of sp³-hybridized carbons (Fsp3) is 0.500. The first-order valence-corrected chi connectivity index (χ1v) is 7.07. The number of halogens is 1. The Hall–Kier alpha value is -1.26. The average molecular weight is 280 g/mol. The number of fused-ring (bicyclic) bond motifs is 1. The first-order valence-electron chi connectivity index (χ1n) is 6.69. The number of nitrogens with zero attached hydrogens (tertiary/aromatic N) is 1. The Morgan fingerprint density at radius 1 is 1.37 bits per heavy atom. The van der Waals surface area contributed by atoms with Crippen molar-refractivity contribution in [3.8, 4) is 0 Å². The lowest BCUT2D eigenvalue weighted by molar-refractivity contribution is 0.203. The minimum absolute atomic E-state index is 0.00998. The van der Waals surface area contributed by atoms with Gasteiger partial charge in [-0.2, -0.15) is 0 Å². The molecule has 5 heteroatoms. The third kappa shape index (κ3) is 2.42. The van der Waals surface area contributed by atoms with Gasteiger partial charge >= 0.3 is 6.03 Å². The Balaban J connectivity index is 1.66. The number of hydrogen-bond acceptors (Lipinski definition) is 2. The molecule has 2 saturated heterocycles. The van der Waals surface area contributed by atoms with Crippen LogP contribution in [0.2, 0.25) is 5.02 Å². The van der Waals surface area contributed by atoms with Crippen molar-refractivity contribution >= 4 is 23.3 Å². The molecule has 4 nitrogen and oxygen atoms in total. The van der Waals surface area contributed by atoms with Crippen LogP contribution < -0.4 is 10.6 Å². The molecule has 0 radical (unpaired) electrons. The van der Waals surface area contributed by atoms with Crippen molar-refractivity contribution < 1.29 is 4.79 Å². The molecule has 3 unspecified atom stereocenters. The van der Waals surface area contributed by atoms with E-state index in [9.17, 15) is 4.79 Å². The van der Waals surface area contributed by atoms with Crippen LogP contribution in [0, 0.1) is 11.8 Å². The van der Waals surface area contributed by atoms with Crippen molar-refractivity contribution in [3.05, 3.63) is 29.3 Å². The van der Waals surface area contributed by atoms with Crippen molar-refractivity contribution in [1.82, 2.24) is 10.2 Å². The van der Waals surface area contributed by atoms with E-state index in [0.29, 0.717) is 22.9 Å². The van der Waals surface area contributed by atoms with Crippen LogP contribution in [0.4, 0.5) is 10.5 Å². The number of anilines is 1. The number of nitrogens with one attached hydrogen (secondary N) is 2. The van der Waals surface area contributed by atoms with Crippen molar-refractivity contribution in [1.29, 1.82) is 0 Å². The van der Waals surface area contributed by atoms with Crippen LogP contribution in [0.5, 0.6) is 0 Å². The summed E-state index contributed by atoms with van der Waals surface area (Å²) in [6.07, 6.45) is 0. The number of carbonyl (C=O) groups is 1. The van der Waals surface area contributed by atoms with Crippen LogP contribution in [-0.2, 0) is 0 Å². The number of rotatable bonds is 1. The number of likely N-dealkylation sites (tertiary alicyclic amines) is 1. The molecule has 1 aromatic rings. The standard InChI is InChI=1S/C14H18ClN3O/c1-9-13-7-16-6-10(13)8-18(9)14(19)17-12-4-2-11(15)3-5-12/h2-5,9-10,13,16H,6-8H2,1H3,(H,17,19). The monoisotopic (exact) mass is 279 g/mol. The molecule has 2 aliphatic heterocycles. The second kappa shape index (κ2) is 5.02. The molecule has 2 aliphatic rings. The van der Waals surface area contributed by atoms with Gasteiger partial charge < -0.3 is 15.5 Å². The summed E-state index contributed by atoms with van der Waals surface area (Å²) >= 11 is 5.83. The molecule has 2 heterocycles. The van der Waals surface area contributed by atoms with Crippen LogP contribution in [0.1, 0.15) is 6.92 Å². The van der Waals surface area contributed by atoms with E-state index in [1.807, 2.05) is 17.0 Å². The molecule has 0 aliphatic carbocycles. The molecule has 19 heavy (non-hydrogen) atoms. The highest BCUT2D eigenvalue weighted by molar-refractivity contribution is 6.30. The van der Waals surface area contributed by atoms with E-state index in [2.05, 4.69) is 17.6 Å². The largest absolute Gasteiger partial charge is 0.322 e. The van der Waals surface area contributed by atoms with Gasteiger partial charge in [-0.3, -0.25) is 0 Å². The Morgan fingerprint density at radius 2 is 2.11 bits per heavy atom. The summed E-state index contributed by atoms with van der Waals surface area (Å²) in [7, 11) is 0. The Bertz CT molecular complexity index is 476. The molecule has 1 aromatic carbocycles. The molecule has 2 fully saturated rings. The lowest BCUT2D eigenvalue weighted by Crippen LogP contribution is -2.40. The van der Waals surface area contributed by atoms with Gasteiger partial charge in [-0.05, 0) is 43.0 Å². The maximum absolute atomic E-state index is 12.3. The SMILES string of the molecule is CC1C2CNCC2CN1C(=O)Nc1ccc(Cl)cc1. The minimum atomic E-state index is -0.00998. The predicted molar refractivity (Wildman–Crippen MR) is 76.5 cm³/mol. The van der Waals surface area contributed by atoms with Gasteiger partial charge in [-0.1, -0.05) is 11.6 Å². The number of amides is 2. The fourth-order valence-corrected chi connectivity index (χ4v) is 3.29. The second-order valence-corrected chi connectivity index (χ2v) is 5.85. The molecule has 0 bridgehead atoms. The number of benzene rings is 1. The van der Waals surface area contributed by atoms with E-state index < -0.39 is 0 Å². The van der Waals surface area contributed by atoms with Gasteiger partial charge in [0.2, 0.25) is 0 Å². The number of urea groups is 1. The van der Waals surface area contributed by atoms with E-state index >= 15 is 0 Å². The van der Waals surface area contributed by atoms with Crippen molar-refractivity contribution in [3.63, 3.8) is 0 Å². The lowest BCUT2D eigenvalue weighted by Gasteiger charge is -2.24. The molecule has 2 N–H and O–H groups in total. The van der Waals surface area contributed by atoms with Crippen molar-refractivity contribution in [2.45, 2.75) is 13.0 Å². The molecular weight excluding hydrogens is 262 g/mol. The first-order chi connectivity index (χ1) is 9.15. The highest BCUT2D eigenvalue weighted by Gasteiger charge is 2.43. The van der Waals surface area contributed by atoms with E-state index in [4.69, 9.17) is 11.6 Å². The summed E-state index contributed by atoms with van der Waals surface area (Å²) in [5, 5.41) is 7.01. The first kappa shape index (κ1) is 12.8. The average Bonchev–Trinajstić information content (AvgIpc) is 2.96. The Kier molecular flexibility index (Phi) is 3.37. The Labute approximate surface area is 118 Å². The third-order valence-electron chi connectivity index (χ3n) is 4.29. The van der Waals surface area contributed by atoms with E-state index in [1.165, 1.54) is 0 Å². The molecule has 2 amide bonds. The smallest absolute Gasteiger partial charge is 0.321 e. The summed E-state index contributed by atoms with van der Waals surface area (Å²) < 4.78 is 0. The summed E-state index contributed by atoms with van der Waals surface area (Å²) in [6, 6.07) is 7.50. The lowest BCUT2D eigenvalue weighted by atomic mass is 9.95. The Morgan fingerprint density at radius 3 is 2.79 bits per heavy atom. The van der Waals surface area contributed by atoms with Gasteiger partial charge in [0.05, 0.1) is 0 Å². The highest BCUT2D eigenvalue weighted by Crippen LogP contribution is 2.32. The topological polar surface area (TPSA) is 44.4 Å². The molecule has 0 aromatic heterocycles. The summed E-state index contributed by atoms with van der Waals surface area (Å²) in [5.41, 5.74) is 0.789. The van der Waals surface area contributed by atoms with Crippen molar-refractivity contribution in [2.75, 3.05) is 25.0 Å².